The number of aliphatic carboxylic acids is 1. The first-order chi connectivity index (χ1) is 6.68. The first-order valence-corrected chi connectivity index (χ1v) is 4.22. The summed E-state index contributed by atoms with van der Waals surface area (Å²) in [6.07, 6.45) is 1.74. The highest BCUT2D eigenvalue weighted by Gasteiger charge is 2.18. The Kier molecular flexibility index (Phi) is 1.92. The van der Waals surface area contributed by atoms with Crippen LogP contribution in [0.1, 0.15) is 18.7 Å². The van der Waals surface area contributed by atoms with Gasteiger partial charge >= 0.3 is 5.97 Å². The molecule has 1 N–H and O–H groups in total. The molecule has 1 atom stereocenters. The topological polar surface area (TPSA) is 67.5 Å². The van der Waals surface area contributed by atoms with Crippen molar-refractivity contribution in [1.82, 2.24) is 14.6 Å². The smallest absolute Gasteiger partial charge is 0.314 e. The number of carboxylic acids is 1. The van der Waals surface area contributed by atoms with Crippen LogP contribution in [0.25, 0.3) is 5.65 Å². The van der Waals surface area contributed by atoms with Gasteiger partial charge < -0.3 is 5.11 Å². The van der Waals surface area contributed by atoms with Gasteiger partial charge in [0.2, 0.25) is 0 Å². The molecule has 2 aromatic rings. The van der Waals surface area contributed by atoms with Crippen LogP contribution in [-0.2, 0) is 4.79 Å². The summed E-state index contributed by atoms with van der Waals surface area (Å²) in [5.41, 5.74) is 0.663. The molecule has 0 aliphatic rings. The zero-order chi connectivity index (χ0) is 10.1. The lowest BCUT2D eigenvalue weighted by atomic mass is 10.2. The van der Waals surface area contributed by atoms with Crippen molar-refractivity contribution in [2.45, 2.75) is 12.8 Å². The average molecular weight is 191 g/mol. The summed E-state index contributed by atoms with van der Waals surface area (Å²) in [7, 11) is 0. The van der Waals surface area contributed by atoms with E-state index < -0.39 is 11.9 Å². The molecule has 0 saturated heterocycles. The molecular weight excluding hydrogens is 182 g/mol. The molecule has 0 bridgehead atoms. The van der Waals surface area contributed by atoms with Gasteiger partial charge in [-0.25, -0.2) is 9.50 Å². The van der Waals surface area contributed by atoms with Crippen molar-refractivity contribution in [2.24, 2.45) is 0 Å². The number of fused-ring (bicyclic) bond motifs is 1. The van der Waals surface area contributed by atoms with Crippen LogP contribution < -0.4 is 0 Å². The Hall–Kier alpha value is -1.91. The summed E-state index contributed by atoms with van der Waals surface area (Å²) in [6, 6.07) is 5.43. The summed E-state index contributed by atoms with van der Waals surface area (Å²) < 4.78 is 1.56. The molecule has 0 spiro atoms. The zero-order valence-corrected chi connectivity index (χ0v) is 7.58. The van der Waals surface area contributed by atoms with Crippen LogP contribution in [0.15, 0.2) is 24.4 Å². The Balaban J connectivity index is 2.50. The van der Waals surface area contributed by atoms with E-state index in [1.54, 1.807) is 23.7 Å². The first kappa shape index (κ1) is 8.68. The largest absolute Gasteiger partial charge is 0.481 e. The van der Waals surface area contributed by atoms with E-state index in [0.717, 1.165) is 0 Å². The maximum Gasteiger partial charge on any atom is 0.314 e. The van der Waals surface area contributed by atoms with E-state index in [9.17, 15) is 4.79 Å². The van der Waals surface area contributed by atoms with E-state index in [1.165, 1.54) is 0 Å². The third-order valence-electron chi connectivity index (χ3n) is 2.02. The molecule has 0 aliphatic carbocycles. The zero-order valence-electron chi connectivity index (χ0n) is 7.58. The molecule has 2 aromatic heterocycles. The molecule has 2 rings (SSSR count). The van der Waals surface area contributed by atoms with Crippen molar-refractivity contribution >= 4 is 11.6 Å². The van der Waals surface area contributed by atoms with Crippen LogP contribution in [0.2, 0.25) is 0 Å². The number of hydrogen-bond donors (Lipinski definition) is 1. The molecule has 0 aliphatic heterocycles. The molecule has 0 amide bonds. The third kappa shape index (κ3) is 1.32. The highest BCUT2D eigenvalue weighted by Crippen LogP contribution is 2.11. The van der Waals surface area contributed by atoms with E-state index in [-0.39, 0.29) is 0 Å². The van der Waals surface area contributed by atoms with Crippen LogP contribution in [0.4, 0.5) is 0 Å². The number of rotatable bonds is 2. The Labute approximate surface area is 80.0 Å². The molecule has 1 unspecified atom stereocenters. The second-order valence-electron chi connectivity index (χ2n) is 3.03. The van der Waals surface area contributed by atoms with Crippen molar-refractivity contribution < 1.29 is 9.90 Å². The number of nitrogens with zero attached hydrogens (tertiary/aromatic N) is 3. The minimum atomic E-state index is -0.916. The van der Waals surface area contributed by atoms with Crippen molar-refractivity contribution in [1.29, 1.82) is 0 Å². The Morgan fingerprint density at radius 3 is 3.00 bits per heavy atom. The number of carboxylic acid groups (broad SMARTS) is 1. The Morgan fingerprint density at radius 1 is 1.57 bits per heavy atom. The van der Waals surface area contributed by atoms with Gasteiger partial charge in [0.05, 0.1) is 0 Å². The van der Waals surface area contributed by atoms with Gasteiger partial charge in [-0.3, -0.25) is 4.79 Å². The number of hydrogen-bond acceptors (Lipinski definition) is 3. The lowest BCUT2D eigenvalue weighted by molar-refractivity contribution is -0.138. The van der Waals surface area contributed by atoms with Crippen LogP contribution in [0.5, 0.6) is 0 Å². The van der Waals surface area contributed by atoms with Gasteiger partial charge in [-0.1, -0.05) is 6.07 Å². The average Bonchev–Trinajstić information content (AvgIpc) is 2.59. The fourth-order valence-electron chi connectivity index (χ4n) is 1.14. The minimum Gasteiger partial charge on any atom is -0.481 e. The molecule has 0 fully saturated rings. The standard InChI is InChI=1S/C9H9N3O2/c1-6(9(13)14)8-10-7-4-2-3-5-12(7)11-8/h2-6H,1H3,(H,13,14). The summed E-state index contributed by atoms with van der Waals surface area (Å²) in [5.74, 6) is -1.25. The normalized spacial score (nSPS) is 12.9. The maximum atomic E-state index is 10.7. The van der Waals surface area contributed by atoms with Crippen molar-refractivity contribution in [3.05, 3.63) is 30.2 Å². The number of pyridine rings is 1. The predicted octanol–water partition coefficient (Wildman–Crippen LogP) is 0.917. The van der Waals surface area contributed by atoms with Crippen LogP contribution in [-0.4, -0.2) is 25.7 Å². The highest BCUT2D eigenvalue weighted by molar-refractivity contribution is 5.74. The lowest BCUT2D eigenvalue weighted by Gasteiger charge is -1.97. The molecule has 0 radical (unpaired) electrons. The third-order valence-corrected chi connectivity index (χ3v) is 2.02. The quantitative estimate of drug-likeness (QED) is 0.766. The van der Waals surface area contributed by atoms with Gasteiger partial charge in [-0.05, 0) is 19.1 Å². The predicted molar refractivity (Wildman–Crippen MR) is 49.0 cm³/mol. The SMILES string of the molecule is CC(C(=O)O)c1nc2ccccn2n1. The van der Waals surface area contributed by atoms with E-state index in [0.29, 0.717) is 11.5 Å². The summed E-state index contributed by atoms with van der Waals surface area (Å²) in [6.45, 7) is 1.57. The van der Waals surface area contributed by atoms with Gasteiger partial charge in [-0.15, -0.1) is 0 Å². The van der Waals surface area contributed by atoms with Crippen molar-refractivity contribution in [3.8, 4) is 0 Å². The summed E-state index contributed by atoms with van der Waals surface area (Å²) in [5, 5.41) is 12.8. The Morgan fingerprint density at radius 2 is 2.36 bits per heavy atom. The van der Waals surface area contributed by atoms with Crippen LogP contribution >= 0.6 is 0 Å². The molecule has 5 nitrogen and oxygen atoms in total. The fraction of sp³-hybridized carbons (Fsp3) is 0.222. The lowest BCUT2D eigenvalue weighted by Crippen LogP contribution is -2.09. The van der Waals surface area contributed by atoms with Crippen LogP contribution in [0, 0.1) is 0 Å². The number of aromatic nitrogens is 3. The minimum absolute atomic E-state index is 0.337. The van der Waals surface area contributed by atoms with Gasteiger partial charge in [0.25, 0.3) is 0 Å². The maximum absolute atomic E-state index is 10.7. The molecular formula is C9H9N3O2. The first-order valence-electron chi connectivity index (χ1n) is 4.22. The monoisotopic (exact) mass is 191 g/mol. The van der Waals surface area contributed by atoms with Gasteiger partial charge in [0.1, 0.15) is 5.92 Å². The van der Waals surface area contributed by atoms with E-state index in [2.05, 4.69) is 10.1 Å². The van der Waals surface area contributed by atoms with E-state index >= 15 is 0 Å². The highest BCUT2D eigenvalue weighted by atomic mass is 16.4. The van der Waals surface area contributed by atoms with Gasteiger partial charge in [-0.2, -0.15) is 5.10 Å². The Bertz CT molecular complexity index is 445. The van der Waals surface area contributed by atoms with Crippen molar-refractivity contribution in [3.63, 3.8) is 0 Å². The van der Waals surface area contributed by atoms with E-state index in [1.807, 2.05) is 12.1 Å². The molecule has 0 aromatic carbocycles. The van der Waals surface area contributed by atoms with Gasteiger partial charge in [0.15, 0.2) is 11.5 Å². The molecule has 14 heavy (non-hydrogen) atoms. The number of carbonyl (C=O) groups is 1. The second kappa shape index (κ2) is 3.10. The van der Waals surface area contributed by atoms with E-state index in [4.69, 9.17) is 5.11 Å². The summed E-state index contributed by atoms with van der Waals surface area (Å²) in [4.78, 5) is 14.8. The van der Waals surface area contributed by atoms with Crippen molar-refractivity contribution in [2.75, 3.05) is 0 Å². The molecule has 72 valence electrons. The molecule has 2 heterocycles. The van der Waals surface area contributed by atoms with Crippen LogP contribution in [0.3, 0.4) is 0 Å². The molecule has 0 saturated carbocycles. The van der Waals surface area contributed by atoms with Gasteiger partial charge in [0, 0.05) is 6.20 Å². The summed E-state index contributed by atoms with van der Waals surface area (Å²) >= 11 is 0. The second-order valence-corrected chi connectivity index (χ2v) is 3.03. The fourth-order valence-corrected chi connectivity index (χ4v) is 1.14. The molecule has 5 heteroatoms.